The number of anilines is 2. The van der Waals surface area contributed by atoms with Crippen molar-refractivity contribution in [3.8, 4) is 0 Å². The van der Waals surface area contributed by atoms with Gasteiger partial charge in [-0.15, -0.1) is 5.10 Å². The summed E-state index contributed by atoms with van der Waals surface area (Å²) in [5.74, 6) is 0.992. The van der Waals surface area contributed by atoms with Gasteiger partial charge in [0.05, 0.1) is 5.69 Å². The van der Waals surface area contributed by atoms with E-state index in [-0.39, 0.29) is 0 Å². The SMILES string of the molecule is c1ccc(N2CCN(c3nnc(Cc4ccncc4)c4ccccc34)CC2)cc1. The van der Waals surface area contributed by atoms with Crippen molar-refractivity contribution in [3.63, 3.8) is 0 Å². The highest BCUT2D eigenvalue weighted by Gasteiger charge is 2.21. The number of fused-ring (bicyclic) bond motifs is 1. The fourth-order valence-electron chi connectivity index (χ4n) is 4.02. The fraction of sp³-hybridized carbons (Fsp3) is 0.208. The lowest BCUT2D eigenvalue weighted by Crippen LogP contribution is -2.47. The maximum Gasteiger partial charge on any atom is 0.159 e. The molecule has 5 nitrogen and oxygen atoms in total. The van der Waals surface area contributed by atoms with Gasteiger partial charge in [0.1, 0.15) is 0 Å². The van der Waals surface area contributed by atoms with E-state index in [1.165, 1.54) is 22.0 Å². The third-order valence-electron chi connectivity index (χ3n) is 5.57. The molecule has 144 valence electrons. The first-order chi connectivity index (χ1) is 14.4. The van der Waals surface area contributed by atoms with E-state index in [4.69, 9.17) is 0 Å². The lowest BCUT2D eigenvalue weighted by Gasteiger charge is -2.37. The Morgan fingerprint density at radius 3 is 2.07 bits per heavy atom. The van der Waals surface area contributed by atoms with Crippen LogP contribution in [0.2, 0.25) is 0 Å². The van der Waals surface area contributed by atoms with Crippen LogP contribution in [0.3, 0.4) is 0 Å². The van der Waals surface area contributed by atoms with E-state index in [0.717, 1.165) is 44.1 Å². The van der Waals surface area contributed by atoms with Crippen molar-refractivity contribution in [2.75, 3.05) is 36.0 Å². The van der Waals surface area contributed by atoms with Crippen LogP contribution in [-0.2, 0) is 6.42 Å². The minimum atomic E-state index is 0.762. The van der Waals surface area contributed by atoms with Gasteiger partial charge in [-0.1, -0.05) is 42.5 Å². The summed E-state index contributed by atoms with van der Waals surface area (Å²) in [5, 5.41) is 11.7. The molecule has 0 unspecified atom stereocenters. The molecule has 5 rings (SSSR count). The Bertz CT molecular complexity index is 1090. The van der Waals surface area contributed by atoms with Gasteiger partial charge in [0.25, 0.3) is 0 Å². The predicted molar refractivity (Wildman–Crippen MR) is 117 cm³/mol. The van der Waals surface area contributed by atoms with Crippen LogP contribution >= 0.6 is 0 Å². The molecule has 0 saturated carbocycles. The molecule has 0 spiro atoms. The van der Waals surface area contributed by atoms with E-state index in [9.17, 15) is 0 Å². The van der Waals surface area contributed by atoms with Gasteiger partial charge in [-0.25, -0.2) is 0 Å². The quantitative estimate of drug-likeness (QED) is 0.536. The lowest BCUT2D eigenvalue weighted by molar-refractivity contribution is 0.645. The molecule has 1 aliphatic rings. The summed E-state index contributed by atoms with van der Waals surface area (Å²) < 4.78 is 0. The van der Waals surface area contributed by atoms with Crippen molar-refractivity contribution in [1.29, 1.82) is 0 Å². The molecule has 2 aromatic heterocycles. The molecule has 3 heterocycles. The Morgan fingerprint density at radius 1 is 0.655 bits per heavy atom. The van der Waals surface area contributed by atoms with Crippen LogP contribution in [0.15, 0.2) is 79.1 Å². The van der Waals surface area contributed by atoms with E-state index >= 15 is 0 Å². The number of pyridine rings is 1. The molecule has 4 aromatic rings. The van der Waals surface area contributed by atoms with Crippen LogP contribution in [0.4, 0.5) is 11.5 Å². The van der Waals surface area contributed by atoms with E-state index < -0.39 is 0 Å². The molecular formula is C24H23N5. The molecular weight excluding hydrogens is 358 g/mol. The van der Waals surface area contributed by atoms with Crippen LogP contribution in [0.1, 0.15) is 11.3 Å². The zero-order chi connectivity index (χ0) is 19.5. The van der Waals surface area contributed by atoms with E-state index in [0.29, 0.717) is 0 Å². The van der Waals surface area contributed by atoms with Crippen LogP contribution in [0.5, 0.6) is 0 Å². The molecule has 0 N–H and O–H groups in total. The van der Waals surface area contributed by atoms with Crippen LogP contribution in [0, 0.1) is 0 Å². The van der Waals surface area contributed by atoms with Gasteiger partial charge >= 0.3 is 0 Å². The number of hydrogen-bond donors (Lipinski definition) is 0. The van der Waals surface area contributed by atoms with Gasteiger partial charge in [-0.05, 0) is 29.8 Å². The lowest BCUT2D eigenvalue weighted by atomic mass is 10.0. The summed E-state index contributed by atoms with van der Waals surface area (Å²) in [7, 11) is 0. The van der Waals surface area contributed by atoms with E-state index in [1.807, 2.05) is 24.5 Å². The van der Waals surface area contributed by atoms with Gasteiger partial charge in [0.2, 0.25) is 0 Å². The van der Waals surface area contributed by atoms with Gasteiger partial charge in [0.15, 0.2) is 5.82 Å². The first kappa shape index (κ1) is 17.6. The number of rotatable bonds is 4. The van der Waals surface area contributed by atoms with Crippen molar-refractivity contribution in [2.24, 2.45) is 0 Å². The zero-order valence-electron chi connectivity index (χ0n) is 16.3. The van der Waals surface area contributed by atoms with Gasteiger partial charge < -0.3 is 9.80 Å². The Hall–Kier alpha value is -3.47. The topological polar surface area (TPSA) is 45.2 Å². The number of nitrogens with zero attached hydrogens (tertiary/aromatic N) is 5. The minimum Gasteiger partial charge on any atom is -0.368 e. The third kappa shape index (κ3) is 3.63. The number of hydrogen-bond acceptors (Lipinski definition) is 5. The molecule has 5 heteroatoms. The summed E-state index contributed by atoms with van der Waals surface area (Å²) in [5.41, 5.74) is 3.50. The highest BCUT2D eigenvalue weighted by Crippen LogP contribution is 2.28. The number of para-hydroxylation sites is 1. The van der Waals surface area contributed by atoms with Crippen LogP contribution in [0.25, 0.3) is 10.8 Å². The highest BCUT2D eigenvalue weighted by atomic mass is 15.3. The van der Waals surface area contributed by atoms with Crippen molar-refractivity contribution in [3.05, 3.63) is 90.4 Å². The minimum absolute atomic E-state index is 0.762. The van der Waals surface area contributed by atoms with E-state index in [1.54, 1.807) is 0 Å². The molecule has 0 aliphatic carbocycles. The molecule has 1 fully saturated rings. The Morgan fingerprint density at radius 2 is 1.31 bits per heavy atom. The Labute approximate surface area is 170 Å². The highest BCUT2D eigenvalue weighted by molar-refractivity contribution is 5.93. The smallest absolute Gasteiger partial charge is 0.159 e. The largest absolute Gasteiger partial charge is 0.368 e. The molecule has 0 amide bonds. The standard InChI is InChI=1S/C24H23N5/c1-2-6-20(7-3-1)28-14-16-29(17-15-28)24-22-9-5-4-8-21(22)23(26-27-24)18-19-10-12-25-13-11-19/h1-13H,14-18H2. The molecule has 2 aromatic carbocycles. The number of piperazine rings is 1. The van der Waals surface area contributed by atoms with Crippen molar-refractivity contribution in [2.45, 2.75) is 6.42 Å². The fourth-order valence-corrected chi connectivity index (χ4v) is 4.02. The second kappa shape index (κ2) is 7.87. The monoisotopic (exact) mass is 381 g/mol. The second-order valence-electron chi connectivity index (χ2n) is 7.36. The zero-order valence-corrected chi connectivity index (χ0v) is 16.3. The van der Waals surface area contributed by atoms with Gasteiger partial charge in [-0.2, -0.15) is 5.10 Å². The third-order valence-corrected chi connectivity index (χ3v) is 5.57. The molecule has 1 saturated heterocycles. The first-order valence-corrected chi connectivity index (χ1v) is 10.1. The average molecular weight is 381 g/mol. The molecule has 0 bridgehead atoms. The summed E-state index contributed by atoms with van der Waals surface area (Å²) in [6, 6.07) is 23.2. The summed E-state index contributed by atoms with van der Waals surface area (Å²) in [6.07, 6.45) is 4.41. The summed E-state index contributed by atoms with van der Waals surface area (Å²) in [6.45, 7) is 3.85. The van der Waals surface area contributed by atoms with Crippen molar-refractivity contribution in [1.82, 2.24) is 15.2 Å². The predicted octanol–water partition coefficient (Wildman–Crippen LogP) is 3.94. The van der Waals surface area contributed by atoms with Crippen molar-refractivity contribution < 1.29 is 0 Å². The summed E-state index contributed by atoms with van der Waals surface area (Å²) in [4.78, 5) is 8.91. The normalized spacial score (nSPS) is 14.3. The molecule has 0 radical (unpaired) electrons. The maximum atomic E-state index is 4.67. The maximum absolute atomic E-state index is 4.67. The number of benzene rings is 2. The Kier molecular flexibility index (Phi) is 4.78. The van der Waals surface area contributed by atoms with Crippen molar-refractivity contribution >= 4 is 22.3 Å². The van der Waals surface area contributed by atoms with Gasteiger partial charge in [-0.3, -0.25) is 4.98 Å². The molecule has 1 aliphatic heterocycles. The molecule has 0 atom stereocenters. The average Bonchev–Trinajstić information content (AvgIpc) is 2.81. The first-order valence-electron chi connectivity index (χ1n) is 10.1. The summed E-state index contributed by atoms with van der Waals surface area (Å²) >= 11 is 0. The van der Waals surface area contributed by atoms with E-state index in [2.05, 4.69) is 79.6 Å². The number of aromatic nitrogens is 3. The molecule has 29 heavy (non-hydrogen) atoms. The second-order valence-corrected chi connectivity index (χ2v) is 7.36. The van der Waals surface area contributed by atoms with Crippen LogP contribution in [-0.4, -0.2) is 41.4 Å². The van der Waals surface area contributed by atoms with Gasteiger partial charge in [0, 0.05) is 61.5 Å². The Balaban J connectivity index is 1.41. The van der Waals surface area contributed by atoms with Crippen LogP contribution < -0.4 is 9.80 Å².